The Hall–Kier alpha value is -0.0900. The molecule has 0 saturated heterocycles. The largest absolute Gasteiger partial charge is 0.357 e. The number of carbonyl (C=O) groups excluding carboxylic acids is 1. The van der Waals surface area contributed by atoms with Crippen molar-refractivity contribution in [3.8, 4) is 0 Å². The molecule has 36 valence electrons. The summed E-state index contributed by atoms with van der Waals surface area (Å²) < 4.78 is 9.55. The first kappa shape index (κ1) is 5.91. The number of nitrogens with two attached hydrogens (primary N) is 1. The van der Waals surface area contributed by atoms with Crippen LogP contribution in [0.5, 0.6) is 0 Å². The van der Waals surface area contributed by atoms with E-state index >= 15 is 0 Å². The van der Waals surface area contributed by atoms with Crippen LogP contribution in [0.3, 0.4) is 0 Å². The lowest BCUT2D eigenvalue weighted by molar-refractivity contribution is 0.266. The minimum absolute atomic E-state index is 1.00. The van der Waals surface area contributed by atoms with E-state index in [2.05, 4.69) is 16.4 Å². The summed E-state index contributed by atoms with van der Waals surface area (Å²) in [5.74, 6) is 0. The Morgan fingerprint density at radius 1 is 1.83 bits per heavy atom. The summed E-state index contributed by atoms with van der Waals surface area (Å²) in [6.07, 6.45) is 0. The van der Waals surface area contributed by atoms with Gasteiger partial charge >= 0.3 is 5.24 Å². The number of amides is 1. The molecule has 3 nitrogen and oxygen atoms in total. The van der Waals surface area contributed by atoms with Crippen molar-refractivity contribution in [3.63, 3.8) is 0 Å². The lowest BCUT2D eigenvalue weighted by atomic mass is 11.5. The van der Waals surface area contributed by atoms with Crippen LogP contribution in [0.2, 0.25) is 0 Å². The highest BCUT2D eigenvalue weighted by Crippen LogP contribution is 1.83. The average Bonchev–Trinajstić information content (AvgIpc) is 1.36. The molecule has 0 radical (unpaired) electrons. The highest BCUT2D eigenvalue weighted by atomic mass is 35.7. The van der Waals surface area contributed by atoms with Gasteiger partial charge in [-0.25, -0.2) is 4.21 Å². The van der Waals surface area contributed by atoms with Gasteiger partial charge in [-0.15, -0.1) is 0 Å². The van der Waals surface area contributed by atoms with Crippen LogP contribution in [-0.2, 0) is 10.0 Å². The summed E-state index contributed by atoms with van der Waals surface area (Å²) in [7, 11) is 2.60. The number of primary amides is 1. The second-order valence-corrected chi connectivity index (χ2v) is 2.23. The summed E-state index contributed by atoms with van der Waals surface area (Å²) in [5.41, 5.74) is 4.36. The lowest BCUT2D eigenvalue weighted by Gasteiger charge is -1.73. The molecule has 0 bridgehead atoms. The van der Waals surface area contributed by atoms with E-state index in [0.29, 0.717) is 0 Å². The van der Waals surface area contributed by atoms with Gasteiger partial charge in [0.05, 0.1) is 0 Å². The third-order valence-electron chi connectivity index (χ3n) is 0.158. The van der Waals surface area contributed by atoms with Crippen molar-refractivity contribution in [2.24, 2.45) is 5.73 Å². The number of halogens is 1. The fraction of sp³-hybridized carbons (Fsp3) is 0. The van der Waals surface area contributed by atoms with Crippen LogP contribution in [0.1, 0.15) is 0 Å². The molecular weight excluding hydrogens is 126 g/mol. The summed E-state index contributed by atoms with van der Waals surface area (Å²) in [5, 5.41) is -1.00. The van der Waals surface area contributed by atoms with Crippen molar-refractivity contribution in [1.29, 1.82) is 0 Å². The summed E-state index contributed by atoms with van der Waals surface area (Å²) in [6, 6.07) is 0. The standard InChI is InChI=1S/CH2ClNO2S/c2-6(5)1(3)4/h(H2,3,4). The van der Waals surface area contributed by atoms with E-state index in [1.54, 1.807) is 0 Å². The first-order valence-corrected chi connectivity index (χ1v) is 2.99. The van der Waals surface area contributed by atoms with E-state index in [-0.39, 0.29) is 0 Å². The van der Waals surface area contributed by atoms with E-state index in [9.17, 15) is 9.00 Å². The molecule has 0 aliphatic rings. The predicted octanol–water partition coefficient (Wildman–Crippen LogP) is -0.0324. The normalized spacial score (nSPS) is 13.5. The SMILES string of the molecule is NC(=O)S(=O)Cl. The van der Waals surface area contributed by atoms with E-state index < -0.39 is 15.3 Å². The Labute approximate surface area is 41.4 Å². The van der Waals surface area contributed by atoms with Gasteiger partial charge in [-0.3, -0.25) is 4.79 Å². The average molecular weight is 128 g/mol. The first-order chi connectivity index (χ1) is 2.64. The zero-order valence-electron chi connectivity index (χ0n) is 2.68. The maximum atomic E-state index is 9.55. The third-order valence-corrected chi connectivity index (χ3v) is 0.931. The van der Waals surface area contributed by atoms with Crippen LogP contribution < -0.4 is 5.73 Å². The molecule has 2 N–H and O–H groups in total. The maximum absolute atomic E-state index is 9.55. The second kappa shape index (κ2) is 2.15. The maximum Gasteiger partial charge on any atom is 0.322 e. The fourth-order valence-corrected chi connectivity index (χ4v) is 0. The van der Waals surface area contributed by atoms with E-state index in [4.69, 9.17) is 0 Å². The highest BCUT2D eigenvalue weighted by molar-refractivity contribution is 8.20. The molecule has 0 aliphatic heterocycles. The Morgan fingerprint density at radius 3 is 2.00 bits per heavy atom. The molecule has 1 amide bonds. The molecule has 6 heavy (non-hydrogen) atoms. The summed E-state index contributed by atoms with van der Waals surface area (Å²) >= 11 is 0. The van der Waals surface area contributed by atoms with Crippen LogP contribution in [0.4, 0.5) is 4.79 Å². The van der Waals surface area contributed by atoms with Crippen LogP contribution in [0, 0.1) is 0 Å². The van der Waals surface area contributed by atoms with Crippen molar-refractivity contribution in [2.45, 2.75) is 0 Å². The lowest BCUT2D eigenvalue weighted by Crippen LogP contribution is -2.09. The number of carbonyl (C=O) groups is 1. The molecule has 0 fully saturated rings. The second-order valence-electron chi connectivity index (χ2n) is 0.543. The van der Waals surface area contributed by atoms with Gasteiger partial charge in [-0.1, -0.05) is 0 Å². The Bertz CT molecular complexity index is 79.5. The van der Waals surface area contributed by atoms with Gasteiger partial charge in [-0.2, -0.15) is 0 Å². The van der Waals surface area contributed by atoms with Crippen molar-refractivity contribution < 1.29 is 9.00 Å². The number of hydrogen-bond acceptors (Lipinski definition) is 2. The Morgan fingerprint density at radius 2 is 2.00 bits per heavy atom. The third kappa shape index (κ3) is 2.17. The van der Waals surface area contributed by atoms with Gasteiger partial charge < -0.3 is 5.73 Å². The predicted molar refractivity (Wildman–Crippen MR) is 23.6 cm³/mol. The zero-order valence-corrected chi connectivity index (χ0v) is 4.25. The van der Waals surface area contributed by atoms with E-state index in [1.807, 2.05) is 0 Å². The topological polar surface area (TPSA) is 60.2 Å². The minimum atomic E-state index is -2.01. The molecule has 0 rings (SSSR count). The molecule has 1 unspecified atom stereocenters. The summed E-state index contributed by atoms with van der Waals surface area (Å²) in [4.78, 5) is 9.49. The van der Waals surface area contributed by atoms with Crippen molar-refractivity contribution in [3.05, 3.63) is 0 Å². The monoisotopic (exact) mass is 127 g/mol. The Balaban J connectivity index is 3.57. The molecule has 0 aliphatic carbocycles. The van der Waals surface area contributed by atoms with Crippen LogP contribution in [0.25, 0.3) is 0 Å². The number of rotatable bonds is 0. The van der Waals surface area contributed by atoms with E-state index in [1.165, 1.54) is 0 Å². The van der Waals surface area contributed by atoms with Gasteiger partial charge in [0.15, 0.2) is 0 Å². The molecule has 5 heteroatoms. The molecule has 0 spiro atoms. The van der Waals surface area contributed by atoms with Gasteiger partial charge in [0, 0.05) is 10.7 Å². The first-order valence-electron chi connectivity index (χ1n) is 1.02. The molecule has 0 aromatic carbocycles. The summed E-state index contributed by atoms with van der Waals surface area (Å²) in [6.45, 7) is 0. The molecule has 0 aromatic rings. The van der Waals surface area contributed by atoms with Gasteiger partial charge in [0.1, 0.15) is 0 Å². The molecule has 0 heterocycles. The smallest absolute Gasteiger partial charge is 0.322 e. The van der Waals surface area contributed by atoms with Crippen LogP contribution in [0.15, 0.2) is 0 Å². The van der Waals surface area contributed by atoms with Crippen molar-refractivity contribution in [1.82, 2.24) is 0 Å². The van der Waals surface area contributed by atoms with E-state index in [0.717, 1.165) is 0 Å². The molecule has 0 saturated carbocycles. The molecule has 1 atom stereocenters. The van der Waals surface area contributed by atoms with Crippen LogP contribution >= 0.6 is 10.7 Å². The van der Waals surface area contributed by atoms with Crippen molar-refractivity contribution in [2.75, 3.05) is 0 Å². The van der Waals surface area contributed by atoms with Gasteiger partial charge in [0.2, 0.25) is 10.0 Å². The molecular formula is CH2ClNO2S. The fourth-order valence-electron chi connectivity index (χ4n) is 0. The molecule has 0 aromatic heterocycles. The van der Waals surface area contributed by atoms with Gasteiger partial charge in [0.25, 0.3) is 0 Å². The minimum Gasteiger partial charge on any atom is -0.357 e. The quantitative estimate of drug-likeness (QED) is 0.465. The number of hydrogen-bond donors (Lipinski definition) is 1. The van der Waals surface area contributed by atoms with Crippen molar-refractivity contribution >= 4 is 25.9 Å². The Kier molecular flexibility index (Phi) is 2.12. The zero-order chi connectivity index (χ0) is 5.15. The highest BCUT2D eigenvalue weighted by Gasteiger charge is 1.96. The van der Waals surface area contributed by atoms with Crippen LogP contribution in [-0.4, -0.2) is 9.45 Å². The van der Waals surface area contributed by atoms with Gasteiger partial charge in [-0.05, 0) is 0 Å².